The standard InChI is InChI=1S/C16H21N3O2/c1-11(20)14-6-5-12(9-17)8-15(14)19-7-3-4-13(10-19)16(21)18-2/h5-6,8,11,13,20H,3-4,7,10H2,1-2H3,(H,18,21). The number of nitrogens with zero attached hydrogens (tertiary/aromatic N) is 2. The zero-order valence-corrected chi connectivity index (χ0v) is 12.5. The fourth-order valence-electron chi connectivity index (χ4n) is 2.85. The second kappa shape index (κ2) is 6.59. The maximum atomic E-state index is 11.8. The molecule has 0 radical (unpaired) electrons. The van der Waals surface area contributed by atoms with Crippen molar-refractivity contribution in [3.8, 4) is 6.07 Å². The SMILES string of the molecule is CNC(=O)C1CCCN(c2cc(C#N)ccc2C(C)O)C1. The van der Waals surface area contributed by atoms with Crippen LogP contribution < -0.4 is 10.2 Å². The van der Waals surface area contributed by atoms with Crippen molar-refractivity contribution in [2.75, 3.05) is 25.0 Å². The van der Waals surface area contributed by atoms with Crippen molar-refractivity contribution < 1.29 is 9.90 Å². The molecule has 1 amide bonds. The van der Waals surface area contributed by atoms with Gasteiger partial charge in [-0.05, 0) is 31.9 Å². The highest BCUT2D eigenvalue weighted by Crippen LogP contribution is 2.31. The van der Waals surface area contributed by atoms with Crippen LogP contribution in [0.15, 0.2) is 18.2 Å². The van der Waals surface area contributed by atoms with Gasteiger partial charge in [-0.25, -0.2) is 0 Å². The number of rotatable bonds is 3. The first-order chi connectivity index (χ1) is 10.1. The lowest BCUT2D eigenvalue weighted by molar-refractivity contribution is -0.124. The number of piperidine rings is 1. The van der Waals surface area contributed by atoms with Crippen LogP contribution in [0.4, 0.5) is 5.69 Å². The molecule has 2 unspecified atom stereocenters. The molecule has 1 aliphatic rings. The number of carbonyl (C=O) groups is 1. The number of hydrogen-bond donors (Lipinski definition) is 2. The summed E-state index contributed by atoms with van der Waals surface area (Å²) in [5.74, 6) is 0.00563. The van der Waals surface area contributed by atoms with Crippen LogP contribution in [-0.4, -0.2) is 31.2 Å². The third-order valence-corrected chi connectivity index (χ3v) is 3.99. The average molecular weight is 287 g/mol. The van der Waals surface area contributed by atoms with Crippen LogP contribution in [0.3, 0.4) is 0 Å². The molecule has 0 bridgehead atoms. The normalized spacial score (nSPS) is 19.7. The van der Waals surface area contributed by atoms with Crippen LogP contribution in [0, 0.1) is 17.2 Å². The summed E-state index contributed by atoms with van der Waals surface area (Å²) in [4.78, 5) is 13.9. The van der Waals surface area contributed by atoms with Crippen LogP contribution in [-0.2, 0) is 4.79 Å². The quantitative estimate of drug-likeness (QED) is 0.885. The van der Waals surface area contributed by atoms with Gasteiger partial charge in [0.2, 0.25) is 5.91 Å². The highest BCUT2D eigenvalue weighted by atomic mass is 16.3. The molecule has 1 aliphatic heterocycles. The molecule has 1 aromatic rings. The summed E-state index contributed by atoms with van der Waals surface area (Å²) in [6.45, 7) is 3.17. The Hall–Kier alpha value is -2.06. The Morgan fingerprint density at radius 1 is 1.57 bits per heavy atom. The summed E-state index contributed by atoms with van der Waals surface area (Å²) in [5.41, 5.74) is 2.22. The lowest BCUT2D eigenvalue weighted by atomic mass is 9.95. The number of anilines is 1. The minimum Gasteiger partial charge on any atom is -0.389 e. The second-order valence-electron chi connectivity index (χ2n) is 5.46. The minimum absolute atomic E-state index is 0.0451. The Morgan fingerprint density at radius 2 is 2.33 bits per heavy atom. The van der Waals surface area contributed by atoms with E-state index >= 15 is 0 Å². The average Bonchev–Trinajstić information content (AvgIpc) is 2.53. The van der Waals surface area contributed by atoms with E-state index in [2.05, 4.69) is 16.3 Å². The summed E-state index contributed by atoms with van der Waals surface area (Å²) in [7, 11) is 1.65. The van der Waals surface area contributed by atoms with Gasteiger partial charge in [0, 0.05) is 31.4 Å². The second-order valence-corrected chi connectivity index (χ2v) is 5.46. The highest BCUT2D eigenvalue weighted by molar-refractivity contribution is 5.79. The maximum absolute atomic E-state index is 11.8. The van der Waals surface area contributed by atoms with Crippen molar-refractivity contribution in [3.63, 3.8) is 0 Å². The minimum atomic E-state index is -0.604. The van der Waals surface area contributed by atoms with E-state index in [-0.39, 0.29) is 11.8 Å². The lowest BCUT2D eigenvalue weighted by Gasteiger charge is -2.35. The summed E-state index contributed by atoms with van der Waals surface area (Å²) >= 11 is 0. The van der Waals surface area contributed by atoms with E-state index in [9.17, 15) is 9.90 Å². The molecule has 0 aliphatic carbocycles. The predicted octanol–water partition coefficient (Wildman–Crippen LogP) is 1.57. The van der Waals surface area contributed by atoms with Gasteiger partial charge in [0.15, 0.2) is 0 Å². The first-order valence-corrected chi connectivity index (χ1v) is 7.25. The van der Waals surface area contributed by atoms with Gasteiger partial charge in [-0.2, -0.15) is 5.26 Å². The zero-order chi connectivity index (χ0) is 15.4. The van der Waals surface area contributed by atoms with Gasteiger partial charge in [0.25, 0.3) is 0 Å². The summed E-state index contributed by atoms with van der Waals surface area (Å²) < 4.78 is 0. The van der Waals surface area contributed by atoms with Crippen molar-refractivity contribution in [2.24, 2.45) is 5.92 Å². The molecule has 2 atom stereocenters. The summed E-state index contributed by atoms with van der Waals surface area (Å²) in [5, 5.41) is 21.7. The molecular formula is C16H21N3O2. The molecule has 1 heterocycles. The van der Waals surface area contributed by atoms with Crippen molar-refractivity contribution >= 4 is 11.6 Å². The maximum Gasteiger partial charge on any atom is 0.224 e. The molecule has 2 N–H and O–H groups in total. The molecule has 0 spiro atoms. The van der Waals surface area contributed by atoms with Gasteiger partial charge in [-0.1, -0.05) is 6.07 Å². The number of nitrogens with one attached hydrogen (secondary N) is 1. The topological polar surface area (TPSA) is 76.4 Å². The summed E-state index contributed by atoms with van der Waals surface area (Å²) in [6, 6.07) is 7.44. The highest BCUT2D eigenvalue weighted by Gasteiger charge is 2.27. The predicted molar refractivity (Wildman–Crippen MR) is 80.8 cm³/mol. The van der Waals surface area contributed by atoms with Crippen molar-refractivity contribution in [1.29, 1.82) is 5.26 Å². The first kappa shape index (κ1) is 15.3. The Morgan fingerprint density at radius 3 is 2.95 bits per heavy atom. The number of amides is 1. The zero-order valence-electron chi connectivity index (χ0n) is 12.5. The molecule has 112 valence electrons. The number of hydrogen-bond acceptors (Lipinski definition) is 4. The first-order valence-electron chi connectivity index (χ1n) is 7.25. The molecule has 1 fully saturated rings. The third kappa shape index (κ3) is 3.34. The monoisotopic (exact) mass is 287 g/mol. The fourth-order valence-corrected chi connectivity index (χ4v) is 2.85. The Kier molecular flexibility index (Phi) is 4.81. The van der Waals surface area contributed by atoms with Crippen molar-refractivity contribution in [1.82, 2.24) is 5.32 Å². The number of benzene rings is 1. The molecule has 2 rings (SSSR count). The van der Waals surface area contributed by atoms with Crippen LogP contribution in [0.25, 0.3) is 0 Å². The summed E-state index contributed by atoms with van der Waals surface area (Å²) in [6.07, 6.45) is 1.19. The van der Waals surface area contributed by atoms with Crippen LogP contribution in [0.2, 0.25) is 0 Å². The van der Waals surface area contributed by atoms with Gasteiger partial charge in [0.05, 0.1) is 23.7 Å². The molecule has 1 aromatic carbocycles. The number of carbonyl (C=O) groups excluding carboxylic acids is 1. The third-order valence-electron chi connectivity index (χ3n) is 3.99. The molecule has 1 saturated heterocycles. The van der Waals surface area contributed by atoms with Gasteiger partial charge in [-0.3, -0.25) is 4.79 Å². The van der Waals surface area contributed by atoms with E-state index in [0.29, 0.717) is 12.1 Å². The number of aliphatic hydroxyl groups excluding tert-OH is 1. The number of nitriles is 1. The van der Waals surface area contributed by atoms with Crippen LogP contribution in [0.5, 0.6) is 0 Å². The molecule has 21 heavy (non-hydrogen) atoms. The Balaban J connectivity index is 2.31. The molecular weight excluding hydrogens is 266 g/mol. The lowest BCUT2D eigenvalue weighted by Crippen LogP contribution is -2.42. The largest absolute Gasteiger partial charge is 0.389 e. The van der Waals surface area contributed by atoms with E-state index in [1.807, 2.05) is 0 Å². The Labute approximate surface area is 125 Å². The van der Waals surface area contributed by atoms with Crippen molar-refractivity contribution in [3.05, 3.63) is 29.3 Å². The van der Waals surface area contributed by atoms with Gasteiger partial charge in [0.1, 0.15) is 0 Å². The fraction of sp³-hybridized carbons (Fsp3) is 0.500. The smallest absolute Gasteiger partial charge is 0.224 e. The van der Waals surface area contributed by atoms with E-state index in [1.165, 1.54) is 0 Å². The van der Waals surface area contributed by atoms with Crippen molar-refractivity contribution in [2.45, 2.75) is 25.9 Å². The van der Waals surface area contributed by atoms with E-state index in [0.717, 1.165) is 30.6 Å². The molecule has 0 saturated carbocycles. The Bertz CT molecular complexity index is 563. The van der Waals surface area contributed by atoms with Gasteiger partial charge >= 0.3 is 0 Å². The van der Waals surface area contributed by atoms with Gasteiger partial charge in [-0.15, -0.1) is 0 Å². The molecule has 5 nitrogen and oxygen atoms in total. The molecule has 0 aromatic heterocycles. The molecule has 5 heteroatoms. The van der Waals surface area contributed by atoms with Crippen LogP contribution in [0.1, 0.15) is 37.0 Å². The van der Waals surface area contributed by atoms with Gasteiger partial charge < -0.3 is 15.3 Å². The van der Waals surface area contributed by atoms with E-state index in [4.69, 9.17) is 5.26 Å². The van der Waals surface area contributed by atoms with Crippen LogP contribution >= 0.6 is 0 Å². The van der Waals surface area contributed by atoms with E-state index < -0.39 is 6.10 Å². The number of aliphatic hydroxyl groups is 1. The van der Waals surface area contributed by atoms with E-state index in [1.54, 1.807) is 32.2 Å².